The van der Waals surface area contributed by atoms with Gasteiger partial charge in [0, 0.05) is 4.47 Å². The van der Waals surface area contributed by atoms with Crippen molar-refractivity contribution in [3.05, 3.63) is 28.7 Å². The van der Waals surface area contributed by atoms with Crippen LogP contribution in [0.1, 0.15) is 25.7 Å². The third-order valence-electron chi connectivity index (χ3n) is 3.41. The number of aliphatic carboxylic acids is 1. The van der Waals surface area contributed by atoms with E-state index in [1.807, 2.05) is 12.1 Å². The highest BCUT2D eigenvalue weighted by Gasteiger charge is 2.45. The predicted molar refractivity (Wildman–Crippen MR) is 76.6 cm³/mol. The third kappa shape index (κ3) is 3.50. The number of benzene rings is 1. The minimum Gasteiger partial charge on any atom is -0.493 e. The van der Waals surface area contributed by atoms with E-state index >= 15 is 0 Å². The quantitative estimate of drug-likeness (QED) is 0.832. The van der Waals surface area contributed by atoms with Crippen LogP contribution >= 0.6 is 15.9 Å². The molecule has 0 spiro atoms. The average molecular weight is 342 g/mol. The Morgan fingerprint density at radius 1 is 1.30 bits per heavy atom. The Bertz CT molecular complexity index is 496. The van der Waals surface area contributed by atoms with Gasteiger partial charge in [0.15, 0.2) is 0 Å². The first-order valence-electron chi connectivity index (χ1n) is 6.45. The number of carboxylic acids is 1. The van der Waals surface area contributed by atoms with Gasteiger partial charge in [-0.1, -0.05) is 15.9 Å². The Balaban J connectivity index is 1.75. The molecule has 1 aliphatic carbocycles. The van der Waals surface area contributed by atoms with Gasteiger partial charge in [0.25, 0.3) is 0 Å². The molecular formula is C14H16BrNO4. The van der Waals surface area contributed by atoms with Crippen LogP contribution < -0.4 is 10.1 Å². The van der Waals surface area contributed by atoms with Crippen LogP contribution in [0.4, 0.5) is 0 Å². The molecule has 1 aliphatic rings. The molecular weight excluding hydrogens is 326 g/mol. The molecule has 2 rings (SSSR count). The average Bonchev–Trinajstić information content (AvgIpc) is 2.36. The number of nitrogens with one attached hydrogen (secondary N) is 1. The van der Waals surface area contributed by atoms with E-state index in [4.69, 9.17) is 9.84 Å². The molecule has 0 aliphatic heterocycles. The number of carboxylic acid groups (broad SMARTS) is 1. The first-order valence-corrected chi connectivity index (χ1v) is 7.24. The van der Waals surface area contributed by atoms with Crippen LogP contribution in [-0.2, 0) is 9.59 Å². The predicted octanol–water partition coefficient (Wildman–Crippen LogP) is 2.34. The van der Waals surface area contributed by atoms with Crippen molar-refractivity contribution in [3.8, 4) is 5.75 Å². The molecule has 0 heterocycles. The summed E-state index contributed by atoms with van der Waals surface area (Å²) < 4.78 is 6.38. The first kappa shape index (κ1) is 14.8. The lowest BCUT2D eigenvalue weighted by Crippen LogP contribution is -2.59. The highest BCUT2D eigenvalue weighted by Crippen LogP contribution is 2.32. The van der Waals surface area contributed by atoms with Crippen molar-refractivity contribution in [1.82, 2.24) is 5.32 Å². The maximum Gasteiger partial charge on any atom is 0.329 e. The molecule has 0 radical (unpaired) electrons. The number of ether oxygens (including phenoxy) is 1. The molecule has 0 unspecified atom stereocenters. The fraction of sp³-hybridized carbons (Fsp3) is 0.429. The van der Waals surface area contributed by atoms with Crippen LogP contribution in [0.5, 0.6) is 5.75 Å². The summed E-state index contributed by atoms with van der Waals surface area (Å²) in [5, 5.41) is 11.7. The smallest absolute Gasteiger partial charge is 0.329 e. The molecule has 0 saturated heterocycles. The van der Waals surface area contributed by atoms with Gasteiger partial charge in [-0.2, -0.15) is 0 Å². The Morgan fingerprint density at radius 3 is 2.45 bits per heavy atom. The lowest BCUT2D eigenvalue weighted by atomic mass is 9.76. The number of carbonyl (C=O) groups is 2. The van der Waals surface area contributed by atoms with Crippen LogP contribution in [0.25, 0.3) is 0 Å². The van der Waals surface area contributed by atoms with Crippen LogP contribution in [0.2, 0.25) is 0 Å². The van der Waals surface area contributed by atoms with Crippen molar-refractivity contribution in [2.24, 2.45) is 0 Å². The summed E-state index contributed by atoms with van der Waals surface area (Å²) in [5.41, 5.74) is -1.05. The fourth-order valence-corrected chi connectivity index (χ4v) is 2.31. The van der Waals surface area contributed by atoms with Crippen molar-refractivity contribution >= 4 is 27.8 Å². The van der Waals surface area contributed by atoms with E-state index in [0.717, 1.165) is 10.9 Å². The van der Waals surface area contributed by atoms with Gasteiger partial charge in [0.2, 0.25) is 5.91 Å². The van der Waals surface area contributed by atoms with Gasteiger partial charge in [-0.05, 0) is 43.5 Å². The SMILES string of the molecule is O=C(CCOc1ccc(Br)cc1)NC1(C(=O)O)CCC1. The molecule has 2 N–H and O–H groups in total. The van der Waals surface area contributed by atoms with E-state index in [2.05, 4.69) is 21.2 Å². The number of hydrogen-bond donors (Lipinski definition) is 2. The van der Waals surface area contributed by atoms with Gasteiger partial charge in [-0.3, -0.25) is 4.79 Å². The van der Waals surface area contributed by atoms with Gasteiger partial charge in [0.05, 0.1) is 13.0 Å². The molecule has 0 aromatic heterocycles. The lowest BCUT2D eigenvalue weighted by Gasteiger charge is -2.38. The number of rotatable bonds is 6. The summed E-state index contributed by atoms with van der Waals surface area (Å²) in [4.78, 5) is 22.9. The highest BCUT2D eigenvalue weighted by atomic mass is 79.9. The van der Waals surface area contributed by atoms with Gasteiger partial charge < -0.3 is 15.2 Å². The molecule has 0 bridgehead atoms. The second-order valence-corrected chi connectivity index (χ2v) is 5.76. The molecule has 6 heteroatoms. The van der Waals surface area contributed by atoms with E-state index in [9.17, 15) is 9.59 Å². The molecule has 108 valence electrons. The maximum atomic E-state index is 11.7. The summed E-state index contributed by atoms with van der Waals surface area (Å²) >= 11 is 3.32. The number of halogens is 1. The van der Waals surface area contributed by atoms with E-state index in [1.165, 1.54) is 0 Å². The zero-order valence-corrected chi connectivity index (χ0v) is 12.5. The summed E-state index contributed by atoms with van der Waals surface area (Å²) in [7, 11) is 0. The van der Waals surface area contributed by atoms with Gasteiger partial charge in [0.1, 0.15) is 11.3 Å². The fourth-order valence-electron chi connectivity index (χ4n) is 2.04. The topological polar surface area (TPSA) is 75.6 Å². The summed E-state index contributed by atoms with van der Waals surface area (Å²) in [6.07, 6.45) is 1.98. The number of hydrogen-bond acceptors (Lipinski definition) is 3. The Hall–Kier alpha value is -1.56. The second-order valence-electron chi connectivity index (χ2n) is 4.84. The molecule has 1 aromatic carbocycles. The summed E-state index contributed by atoms with van der Waals surface area (Å²) in [6, 6.07) is 7.30. The van der Waals surface area contributed by atoms with Gasteiger partial charge in [-0.25, -0.2) is 4.79 Å². The van der Waals surface area contributed by atoms with Crippen molar-refractivity contribution in [2.75, 3.05) is 6.61 Å². The zero-order chi connectivity index (χ0) is 14.6. The second kappa shape index (κ2) is 6.26. The molecule has 1 aromatic rings. The Morgan fingerprint density at radius 2 is 1.95 bits per heavy atom. The largest absolute Gasteiger partial charge is 0.493 e. The molecule has 5 nitrogen and oxygen atoms in total. The normalized spacial score (nSPS) is 16.1. The monoisotopic (exact) mass is 341 g/mol. The minimum atomic E-state index is -1.05. The Labute approximate surface area is 125 Å². The molecule has 20 heavy (non-hydrogen) atoms. The number of carbonyl (C=O) groups excluding carboxylic acids is 1. The van der Waals surface area contributed by atoms with Crippen LogP contribution in [0.3, 0.4) is 0 Å². The summed E-state index contributed by atoms with van der Waals surface area (Å²) in [6.45, 7) is 0.225. The first-order chi connectivity index (χ1) is 9.52. The van der Waals surface area contributed by atoms with Crippen LogP contribution in [0, 0.1) is 0 Å². The Kier molecular flexibility index (Phi) is 4.65. The van der Waals surface area contributed by atoms with Crippen molar-refractivity contribution in [2.45, 2.75) is 31.2 Å². The molecule has 0 atom stereocenters. The zero-order valence-electron chi connectivity index (χ0n) is 10.9. The summed E-state index contributed by atoms with van der Waals surface area (Å²) in [5.74, 6) is -0.562. The van der Waals surface area contributed by atoms with E-state index in [0.29, 0.717) is 18.6 Å². The number of amides is 1. The van der Waals surface area contributed by atoms with Crippen molar-refractivity contribution in [3.63, 3.8) is 0 Å². The van der Waals surface area contributed by atoms with Gasteiger partial charge >= 0.3 is 5.97 Å². The van der Waals surface area contributed by atoms with E-state index in [1.54, 1.807) is 12.1 Å². The van der Waals surface area contributed by atoms with Crippen molar-refractivity contribution in [1.29, 1.82) is 0 Å². The van der Waals surface area contributed by atoms with E-state index < -0.39 is 11.5 Å². The van der Waals surface area contributed by atoms with Crippen molar-refractivity contribution < 1.29 is 19.4 Å². The maximum absolute atomic E-state index is 11.7. The van der Waals surface area contributed by atoms with E-state index in [-0.39, 0.29) is 18.9 Å². The lowest BCUT2D eigenvalue weighted by molar-refractivity contribution is -0.151. The standard InChI is InChI=1S/C14H16BrNO4/c15-10-2-4-11(5-3-10)20-9-6-12(17)16-14(13(18)19)7-1-8-14/h2-5H,1,6-9H2,(H,16,17)(H,18,19). The molecule has 1 fully saturated rings. The van der Waals surface area contributed by atoms with Crippen LogP contribution in [-0.4, -0.2) is 29.1 Å². The molecule has 1 saturated carbocycles. The molecule has 1 amide bonds. The van der Waals surface area contributed by atoms with Crippen LogP contribution in [0.15, 0.2) is 28.7 Å². The van der Waals surface area contributed by atoms with Gasteiger partial charge in [-0.15, -0.1) is 0 Å². The minimum absolute atomic E-state index is 0.144. The third-order valence-corrected chi connectivity index (χ3v) is 3.94. The highest BCUT2D eigenvalue weighted by molar-refractivity contribution is 9.10.